The number of ether oxygens (including phenoxy) is 1. The van der Waals surface area contributed by atoms with Crippen molar-refractivity contribution in [2.24, 2.45) is 17.8 Å². The lowest BCUT2D eigenvalue weighted by Crippen LogP contribution is -2.28. The smallest absolute Gasteiger partial charge is 0.306 e. The van der Waals surface area contributed by atoms with Crippen molar-refractivity contribution in [3.05, 3.63) is 39.7 Å². The molecule has 0 saturated heterocycles. The first-order valence-corrected chi connectivity index (χ1v) is 8.99. The highest BCUT2D eigenvalue weighted by molar-refractivity contribution is 5.99. The molecule has 1 saturated carbocycles. The Morgan fingerprint density at radius 1 is 1.34 bits per heavy atom. The topological polar surface area (TPSA) is 133 Å². The molecule has 0 radical (unpaired) electrons. The van der Waals surface area contributed by atoms with Gasteiger partial charge in [0.15, 0.2) is 6.61 Å². The molecule has 1 fully saturated rings. The van der Waals surface area contributed by atoms with Crippen LogP contribution in [0.3, 0.4) is 0 Å². The maximum atomic E-state index is 14.0. The lowest BCUT2D eigenvalue weighted by Gasteiger charge is -2.17. The van der Waals surface area contributed by atoms with Gasteiger partial charge < -0.3 is 10.1 Å². The summed E-state index contributed by atoms with van der Waals surface area (Å²) in [5.41, 5.74) is -0.141. The molecule has 9 nitrogen and oxygen atoms in total. The fraction of sp³-hybridized carbons (Fsp3) is 0.474. The van der Waals surface area contributed by atoms with E-state index in [0.717, 1.165) is 12.1 Å². The number of benzene rings is 1. The Kier molecular flexibility index (Phi) is 7.13. The number of nitrogens with zero attached hydrogens (tertiary/aromatic N) is 1. The third-order valence-corrected chi connectivity index (χ3v) is 4.89. The normalized spacial score (nSPS) is 20.9. The van der Waals surface area contributed by atoms with E-state index in [-0.39, 0.29) is 35.8 Å². The fourth-order valence-corrected chi connectivity index (χ4v) is 3.48. The maximum Gasteiger partial charge on any atom is 0.306 e. The molecule has 1 amide bonds. The Morgan fingerprint density at radius 3 is 2.62 bits per heavy atom. The molecule has 0 aliphatic heterocycles. The van der Waals surface area contributed by atoms with E-state index in [0.29, 0.717) is 0 Å². The fourth-order valence-electron chi connectivity index (χ4n) is 3.48. The summed E-state index contributed by atoms with van der Waals surface area (Å²) in [6.07, 6.45) is -0.208. The van der Waals surface area contributed by atoms with Crippen LogP contribution in [0.5, 0.6) is 0 Å². The zero-order valence-electron chi connectivity index (χ0n) is 16.0. The number of carbonyl (C=O) groups excluding carboxylic acids is 4. The summed E-state index contributed by atoms with van der Waals surface area (Å²) in [7, 11) is 0. The molecular weight excluding hydrogens is 387 g/mol. The summed E-state index contributed by atoms with van der Waals surface area (Å²) in [6, 6.07) is 3.46. The number of ketones is 2. The van der Waals surface area contributed by atoms with Crippen molar-refractivity contribution in [3.8, 4) is 0 Å². The molecule has 0 spiro atoms. The number of nitrogens with one attached hydrogen (secondary N) is 1. The molecule has 156 valence electrons. The number of hydrogen-bond acceptors (Lipinski definition) is 7. The predicted octanol–water partition coefficient (Wildman–Crippen LogP) is 2.02. The highest BCUT2D eigenvalue weighted by atomic mass is 19.1. The highest BCUT2D eigenvalue weighted by Crippen LogP contribution is 2.36. The standard InChI is InChI=1S/C19H21FN2O7/c1-10-5-17(24)14(15(10)8-22(27)28)7-19(26)29-9-18(25)13-4-3-12(6-16(13)20)21-11(2)23/h3-4,6,10,14-15H,5,7-9H2,1-2H3,(H,21,23)/t10-,14+,15+/m0/s1. The number of hydrogen-bond donors (Lipinski definition) is 1. The van der Waals surface area contributed by atoms with Gasteiger partial charge in [0.05, 0.1) is 12.0 Å². The Bertz CT molecular complexity index is 855. The molecule has 29 heavy (non-hydrogen) atoms. The van der Waals surface area contributed by atoms with Gasteiger partial charge in [0, 0.05) is 35.8 Å². The van der Waals surface area contributed by atoms with Crippen LogP contribution in [0, 0.1) is 33.7 Å². The van der Waals surface area contributed by atoms with E-state index >= 15 is 0 Å². The molecule has 1 aromatic carbocycles. The minimum atomic E-state index is -0.886. The largest absolute Gasteiger partial charge is 0.457 e. The SMILES string of the molecule is CC(=O)Nc1ccc(C(=O)COC(=O)C[C@H]2C(=O)C[C@H](C)[C@H]2C[N+](=O)[O-])c(F)c1. The average Bonchev–Trinajstić information content (AvgIpc) is 2.85. The third-order valence-electron chi connectivity index (χ3n) is 4.89. The van der Waals surface area contributed by atoms with Crippen LogP contribution in [-0.2, 0) is 19.1 Å². The maximum absolute atomic E-state index is 14.0. The van der Waals surface area contributed by atoms with Gasteiger partial charge in [-0.2, -0.15) is 0 Å². The van der Waals surface area contributed by atoms with Crippen molar-refractivity contribution in [2.75, 3.05) is 18.5 Å². The second-order valence-corrected chi connectivity index (χ2v) is 7.10. The second kappa shape index (κ2) is 9.35. The lowest BCUT2D eigenvalue weighted by molar-refractivity contribution is -0.490. The van der Waals surface area contributed by atoms with Crippen LogP contribution in [-0.4, -0.2) is 41.5 Å². The summed E-state index contributed by atoms with van der Waals surface area (Å²) >= 11 is 0. The van der Waals surface area contributed by atoms with Crippen molar-refractivity contribution >= 4 is 29.1 Å². The van der Waals surface area contributed by atoms with E-state index in [1.807, 2.05) is 0 Å². The van der Waals surface area contributed by atoms with E-state index in [9.17, 15) is 33.7 Å². The minimum absolute atomic E-state index is 0.154. The zero-order valence-corrected chi connectivity index (χ0v) is 16.0. The van der Waals surface area contributed by atoms with Gasteiger partial charge in [0.25, 0.3) is 0 Å². The molecule has 1 N–H and O–H groups in total. The van der Waals surface area contributed by atoms with Crippen LogP contribution in [0.2, 0.25) is 0 Å². The van der Waals surface area contributed by atoms with Gasteiger partial charge in [0.1, 0.15) is 11.6 Å². The van der Waals surface area contributed by atoms with Gasteiger partial charge in [-0.3, -0.25) is 29.3 Å². The van der Waals surface area contributed by atoms with Crippen molar-refractivity contribution in [1.82, 2.24) is 0 Å². The number of amides is 1. The number of carbonyl (C=O) groups is 4. The number of esters is 1. The minimum Gasteiger partial charge on any atom is -0.457 e. The Balaban J connectivity index is 1.94. The molecule has 0 unspecified atom stereocenters. The highest BCUT2D eigenvalue weighted by Gasteiger charge is 2.44. The Labute approximate surface area is 165 Å². The van der Waals surface area contributed by atoms with Crippen molar-refractivity contribution < 1.29 is 33.2 Å². The number of Topliss-reactive ketones (excluding diaryl/α,β-unsaturated/α-hetero) is 2. The summed E-state index contributed by atoms with van der Waals surface area (Å²) in [5.74, 6) is -4.79. The molecule has 3 atom stereocenters. The molecule has 1 aliphatic rings. The zero-order chi connectivity index (χ0) is 21.7. The van der Waals surface area contributed by atoms with Gasteiger partial charge >= 0.3 is 5.97 Å². The molecule has 1 aliphatic carbocycles. The molecular formula is C19H21FN2O7. The van der Waals surface area contributed by atoms with E-state index in [2.05, 4.69) is 5.32 Å². The summed E-state index contributed by atoms with van der Waals surface area (Å²) in [4.78, 5) is 57.4. The molecule has 2 rings (SSSR count). The molecule has 10 heteroatoms. The van der Waals surface area contributed by atoms with Crippen molar-refractivity contribution in [1.29, 1.82) is 0 Å². The van der Waals surface area contributed by atoms with Crippen LogP contribution < -0.4 is 5.32 Å². The number of nitro groups is 1. The van der Waals surface area contributed by atoms with Gasteiger partial charge in [-0.1, -0.05) is 6.92 Å². The van der Waals surface area contributed by atoms with E-state index < -0.39 is 53.4 Å². The van der Waals surface area contributed by atoms with Crippen LogP contribution in [0.1, 0.15) is 37.0 Å². The predicted molar refractivity (Wildman–Crippen MR) is 98.2 cm³/mol. The molecule has 0 heterocycles. The quantitative estimate of drug-likeness (QED) is 0.301. The van der Waals surface area contributed by atoms with Gasteiger partial charge in [0.2, 0.25) is 18.2 Å². The second-order valence-electron chi connectivity index (χ2n) is 7.10. The van der Waals surface area contributed by atoms with Gasteiger partial charge in [-0.05, 0) is 24.1 Å². The first-order chi connectivity index (χ1) is 13.6. The molecule has 1 aromatic rings. The summed E-state index contributed by atoms with van der Waals surface area (Å²) < 4.78 is 18.9. The summed E-state index contributed by atoms with van der Waals surface area (Å²) in [6.45, 7) is 1.82. The first-order valence-electron chi connectivity index (χ1n) is 8.99. The first kappa shape index (κ1) is 22.1. The third kappa shape index (κ3) is 5.90. The van der Waals surface area contributed by atoms with E-state index in [4.69, 9.17) is 4.74 Å². The Hall–Kier alpha value is -3.17. The van der Waals surface area contributed by atoms with E-state index in [1.54, 1.807) is 6.92 Å². The van der Waals surface area contributed by atoms with Crippen LogP contribution in [0.25, 0.3) is 0 Å². The number of halogens is 1. The summed E-state index contributed by atoms with van der Waals surface area (Å²) in [5, 5.41) is 13.2. The van der Waals surface area contributed by atoms with Crippen LogP contribution >= 0.6 is 0 Å². The average molecular weight is 408 g/mol. The Morgan fingerprint density at radius 2 is 2.03 bits per heavy atom. The monoisotopic (exact) mass is 408 g/mol. The number of anilines is 1. The van der Waals surface area contributed by atoms with Crippen LogP contribution in [0.15, 0.2) is 18.2 Å². The van der Waals surface area contributed by atoms with E-state index in [1.165, 1.54) is 13.0 Å². The molecule has 0 bridgehead atoms. The van der Waals surface area contributed by atoms with Crippen molar-refractivity contribution in [3.63, 3.8) is 0 Å². The van der Waals surface area contributed by atoms with Gasteiger partial charge in [-0.25, -0.2) is 4.39 Å². The lowest BCUT2D eigenvalue weighted by atomic mass is 9.88. The van der Waals surface area contributed by atoms with Gasteiger partial charge in [-0.15, -0.1) is 0 Å². The van der Waals surface area contributed by atoms with Crippen LogP contribution in [0.4, 0.5) is 10.1 Å². The number of rotatable bonds is 8. The molecule has 0 aromatic heterocycles. The van der Waals surface area contributed by atoms with Crippen molar-refractivity contribution in [2.45, 2.75) is 26.7 Å².